The fraction of sp³-hybridized carbons (Fsp3) is 0. The largest absolute Gasteiger partial charge is 0.456 e. The van der Waals surface area contributed by atoms with Crippen molar-refractivity contribution >= 4 is 43.5 Å². The molecule has 0 fully saturated rings. The molecule has 10 rings (SSSR count). The fourth-order valence-electron chi connectivity index (χ4n) is 7.41. The van der Waals surface area contributed by atoms with E-state index in [4.69, 9.17) is 14.0 Å². The summed E-state index contributed by atoms with van der Waals surface area (Å²) < 4.78 is 84.9. The third-order valence-corrected chi connectivity index (χ3v) is 9.64. The molecule has 238 valence electrons. The van der Waals surface area contributed by atoms with Gasteiger partial charge in [-0.2, -0.15) is 0 Å². The smallest absolute Gasteiger partial charge is 0.136 e. The molecule has 1 heterocycles. The first-order valence-electron chi connectivity index (χ1n) is 21.3. The van der Waals surface area contributed by atoms with Crippen LogP contribution in [0.25, 0.3) is 99.1 Å². The molecule has 1 nitrogen and oxygen atoms in total. The second kappa shape index (κ2) is 12.0. The molecular formula is C50H32O. The van der Waals surface area contributed by atoms with Crippen molar-refractivity contribution in [3.8, 4) is 55.6 Å². The Kier molecular flexibility index (Phi) is 5.04. The van der Waals surface area contributed by atoms with Crippen molar-refractivity contribution in [1.29, 1.82) is 0 Å². The number of hydrogen-bond donors (Lipinski definition) is 0. The number of furan rings is 1. The van der Waals surface area contributed by atoms with Crippen molar-refractivity contribution in [2.45, 2.75) is 0 Å². The molecule has 1 aromatic heterocycles. The lowest BCUT2D eigenvalue weighted by atomic mass is 9.83. The summed E-state index contributed by atoms with van der Waals surface area (Å²) in [5.41, 5.74) is 6.98. The SMILES string of the molecule is [2H]c1c([2H])c([2H])c(-c2ccc3c(c2)oc2cccc(-c4c5ccccc5c(-c5ccccc5-c5c([2H])c([2H])c(-c6ccccc6)c([2H])c5[2H])c5ccccc45)c23)c([2H])c1[2H]. The van der Waals surface area contributed by atoms with E-state index in [2.05, 4.69) is 30.3 Å². The molecule has 9 aromatic carbocycles. The summed E-state index contributed by atoms with van der Waals surface area (Å²) in [5, 5.41) is 5.45. The Hall–Kier alpha value is -6.70. The maximum Gasteiger partial charge on any atom is 0.136 e. The predicted octanol–water partition coefficient (Wildman–Crippen LogP) is 14.2. The van der Waals surface area contributed by atoms with Gasteiger partial charge in [0.1, 0.15) is 11.2 Å². The van der Waals surface area contributed by atoms with Crippen LogP contribution in [0, 0.1) is 0 Å². The number of fused-ring (bicyclic) bond motifs is 5. The van der Waals surface area contributed by atoms with Crippen LogP contribution in [-0.2, 0) is 0 Å². The van der Waals surface area contributed by atoms with Gasteiger partial charge < -0.3 is 4.42 Å². The minimum atomic E-state index is -0.444. The van der Waals surface area contributed by atoms with Crippen molar-refractivity contribution in [3.63, 3.8) is 0 Å². The van der Waals surface area contributed by atoms with Crippen LogP contribution < -0.4 is 0 Å². The molecule has 0 bridgehead atoms. The average Bonchev–Trinajstić information content (AvgIpc) is 3.65. The molecule has 0 amide bonds. The summed E-state index contributed by atoms with van der Waals surface area (Å²) >= 11 is 0. The third kappa shape index (κ3) is 4.86. The van der Waals surface area contributed by atoms with E-state index < -0.39 is 18.1 Å². The van der Waals surface area contributed by atoms with Crippen LogP contribution >= 0.6 is 0 Å². The molecular weight excluding hydrogens is 617 g/mol. The number of rotatable bonds is 5. The van der Waals surface area contributed by atoms with Crippen molar-refractivity contribution in [2.75, 3.05) is 0 Å². The van der Waals surface area contributed by atoms with Gasteiger partial charge in [-0.05, 0) is 95.4 Å². The first kappa shape index (κ1) is 21.4. The first-order valence-corrected chi connectivity index (χ1v) is 16.8. The Labute approximate surface area is 309 Å². The van der Waals surface area contributed by atoms with Gasteiger partial charge in [0.05, 0.1) is 12.3 Å². The van der Waals surface area contributed by atoms with Crippen LogP contribution in [0.5, 0.6) is 0 Å². The summed E-state index contributed by atoms with van der Waals surface area (Å²) in [4.78, 5) is 0. The molecule has 0 saturated heterocycles. The zero-order chi connectivity index (χ0) is 41.6. The molecule has 0 radical (unpaired) electrons. The second-order valence-electron chi connectivity index (χ2n) is 12.5. The first-order chi connectivity index (χ1) is 29.1. The van der Waals surface area contributed by atoms with Crippen LogP contribution in [0.4, 0.5) is 0 Å². The van der Waals surface area contributed by atoms with Crippen LogP contribution in [-0.4, -0.2) is 0 Å². The van der Waals surface area contributed by atoms with Gasteiger partial charge in [0.2, 0.25) is 0 Å². The number of benzene rings is 9. The highest BCUT2D eigenvalue weighted by atomic mass is 16.3. The lowest BCUT2D eigenvalue weighted by Gasteiger charge is -2.20. The Morgan fingerprint density at radius 2 is 0.882 bits per heavy atom. The molecule has 0 aliphatic carbocycles. The van der Waals surface area contributed by atoms with Crippen molar-refractivity contribution < 1.29 is 16.8 Å². The molecule has 0 aliphatic rings. The van der Waals surface area contributed by atoms with Gasteiger partial charge >= 0.3 is 0 Å². The topological polar surface area (TPSA) is 13.1 Å². The Morgan fingerprint density at radius 3 is 1.57 bits per heavy atom. The van der Waals surface area contributed by atoms with Gasteiger partial charge in [-0.3, -0.25) is 0 Å². The third-order valence-electron chi connectivity index (χ3n) is 9.64. The fourth-order valence-corrected chi connectivity index (χ4v) is 7.41. The van der Waals surface area contributed by atoms with Gasteiger partial charge in [-0.15, -0.1) is 0 Å². The summed E-state index contributed by atoms with van der Waals surface area (Å²) in [7, 11) is 0. The lowest BCUT2D eigenvalue weighted by molar-refractivity contribution is 0.669. The highest BCUT2D eigenvalue weighted by Gasteiger charge is 2.21. The summed E-state index contributed by atoms with van der Waals surface area (Å²) in [6.07, 6.45) is 0. The van der Waals surface area contributed by atoms with Gasteiger partial charge in [0.15, 0.2) is 0 Å². The Bertz CT molecular complexity index is 3310. The summed E-state index contributed by atoms with van der Waals surface area (Å²) in [5.74, 6) is 0. The van der Waals surface area contributed by atoms with E-state index in [0.29, 0.717) is 27.9 Å². The van der Waals surface area contributed by atoms with Crippen LogP contribution in [0.3, 0.4) is 0 Å². The van der Waals surface area contributed by atoms with E-state index in [1.807, 2.05) is 84.9 Å². The van der Waals surface area contributed by atoms with Crippen LogP contribution in [0.1, 0.15) is 12.3 Å². The molecule has 51 heavy (non-hydrogen) atoms. The van der Waals surface area contributed by atoms with Crippen molar-refractivity contribution in [2.24, 2.45) is 0 Å². The van der Waals surface area contributed by atoms with Gasteiger partial charge in [0, 0.05) is 10.8 Å². The predicted molar refractivity (Wildman–Crippen MR) is 216 cm³/mol. The average molecular weight is 658 g/mol. The minimum Gasteiger partial charge on any atom is -0.456 e. The van der Waals surface area contributed by atoms with Crippen molar-refractivity contribution in [1.82, 2.24) is 0 Å². The normalized spacial score (nSPS) is 14.0. The zero-order valence-electron chi connectivity index (χ0n) is 36.2. The maximum atomic E-state index is 9.29. The number of hydrogen-bond acceptors (Lipinski definition) is 1. The minimum absolute atomic E-state index is 0.0991. The lowest BCUT2D eigenvalue weighted by Crippen LogP contribution is -1.93. The molecule has 1 heteroatoms. The van der Waals surface area contributed by atoms with E-state index >= 15 is 0 Å². The van der Waals surface area contributed by atoms with E-state index in [0.717, 1.165) is 54.6 Å². The molecule has 10 aromatic rings. The quantitative estimate of drug-likeness (QED) is 0.168. The van der Waals surface area contributed by atoms with Crippen LogP contribution in [0.2, 0.25) is 0 Å². The van der Waals surface area contributed by atoms with E-state index in [1.165, 1.54) is 0 Å². The van der Waals surface area contributed by atoms with E-state index in [1.54, 1.807) is 24.3 Å². The molecule has 0 spiro atoms. The second-order valence-corrected chi connectivity index (χ2v) is 12.5. The summed E-state index contributed by atoms with van der Waals surface area (Å²) in [6.45, 7) is 0. The van der Waals surface area contributed by atoms with Gasteiger partial charge in [-0.25, -0.2) is 0 Å². The standard InChI is InChI=1S/C50H32O/c1-3-14-33(15-4-1)35-26-28-36(29-27-35)38-18-7-8-19-39(38)48-40-20-9-11-22-42(40)49(43-23-12-10-21-41(43)48)45-24-13-25-46-50(45)44-31-30-37(32-47(44)51-46)34-16-5-2-6-17-34/h1-32H/i2D,5D,6D,16D,17D,26D,27D,28D,29D. The monoisotopic (exact) mass is 657 g/mol. The molecule has 0 atom stereocenters. The molecule has 0 saturated carbocycles. The maximum absolute atomic E-state index is 9.29. The molecule has 0 N–H and O–H groups in total. The van der Waals surface area contributed by atoms with E-state index in [-0.39, 0.29) is 52.9 Å². The summed E-state index contributed by atoms with van der Waals surface area (Å²) in [6, 6.07) is 42.2. The van der Waals surface area contributed by atoms with Crippen LogP contribution in [0.15, 0.2) is 198 Å². The zero-order valence-corrected chi connectivity index (χ0v) is 27.2. The molecule has 0 unspecified atom stereocenters. The Morgan fingerprint density at radius 1 is 0.333 bits per heavy atom. The van der Waals surface area contributed by atoms with Gasteiger partial charge in [-0.1, -0.05) is 176 Å². The Balaban J connectivity index is 1.22. The van der Waals surface area contributed by atoms with E-state index in [9.17, 15) is 2.74 Å². The highest BCUT2D eigenvalue weighted by molar-refractivity contribution is 6.26. The van der Waals surface area contributed by atoms with Gasteiger partial charge in [0.25, 0.3) is 0 Å². The molecule has 0 aliphatic heterocycles. The van der Waals surface area contributed by atoms with Crippen molar-refractivity contribution in [3.05, 3.63) is 194 Å². The highest BCUT2D eigenvalue weighted by Crippen LogP contribution is 2.48.